The van der Waals surface area contributed by atoms with Gasteiger partial charge in [0.05, 0.1) is 7.11 Å². The van der Waals surface area contributed by atoms with E-state index in [0.29, 0.717) is 5.69 Å². The molecule has 0 aliphatic carbocycles. The lowest BCUT2D eigenvalue weighted by Crippen LogP contribution is -2.05. The molecule has 0 bridgehead atoms. The number of aromatic nitrogens is 1. The summed E-state index contributed by atoms with van der Waals surface area (Å²) in [7, 11) is 1.47. The third-order valence-electron chi connectivity index (χ3n) is 1.79. The predicted molar refractivity (Wildman–Crippen MR) is 47.5 cm³/mol. The maximum absolute atomic E-state index is 7.36. The lowest BCUT2D eigenvalue weighted by molar-refractivity contribution is 0.399. The minimum atomic E-state index is 0.109. The van der Waals surface area contributed by atoms with Crippen LogP contribution in [0.1, 0.15) is 17.0 Å². The first-order valence-electron chi connectivity index (χ1n) is 3.72. The fourth-order valence-electron chi connectivity index (χ4n) is 0.862. The maximum atomic E-state index is 7.36. The zero-order valence-electron chi connectivity index (χ0n) is 7.51. The van der Waals surface area contributed by atoms with Gasteiger partial charge in [-0.15, -0.1) is 0 Å². The second-order valence-electron chi connectivity index (χ2n) is 2.63. The summed E-state index contributed by atoms with van der Waals surface area (Å²) in [5.74, 6) is 0.109. The van der Waals surface area contributed by atoms with Gasteiger partial charge in [-0.25, -0.2) is 4.98 Å². The Morgan fingerprint density at radius 1 is 1.42 bits per heavy atom. The predicted octanol–water partition coefficient (Wildman–Crippen LogP) is 1.67. The van der Waals surface area contributed by atoms with Crippen molar-refractivity contribution in [3.05, 3.63) is 29.1 Å². The molecular formula is C9H12N2O. The Balaban J connectivity index is 3.05. The van der Waals surface area contributed by atoms with Gasteiger partial charge in [-0.05, 0) is 25.5 Å². The number of ether oxygens (including phenoxy) is 1. The monoisotopic (exact) mass is 164 g/mol. The van der Waals surface area contributed by atoms with Crippen molar-refractivity contribution < 1.29 is 4.74 Å². The van der Waals surface area contributed by atoms with E-state index in [4.69, 9.17) is 10.1 Å². The van der Waals surface area contributed by atoms with E-state index in [2.05, 4.69) is 4.98 Å². The highest BCUT2D eigenvalue weighted by atomic mass is 16.5. The molecule has 0 atom stereocenters. The second-order valence-corrected chi connectivity index (χ2v) is 2.63. The number of hydrogen-bond acceptors (Lipinski definition) is 3. The van der Waals surface area contributed by atoms with Gasteiger partial charge in [0.1, 0.15) is 5.69 Å². The largest absolute Gasteiger partial charge is 0.480 e. The van der Waals surface area contributed by atoms with Gasteiger partial charge in [-0.3, -0.25) is 5.41 Å². The van der Waals surface area contributed by atoms with Crippen LogP contribution in [0.5, 0.6) is 0 Å². The highest BCUT2D eigenvalue weighted by molar-refractivity contribution is 5.89. The molecule has 0 radical (unpaired) electrons. The Labute approximate surface area is 71.9 Å². The molecule has 0 aliphatic heterocycles. The summed E-state index contributed by atoms with van der Waals surface area (Å²) >= 11 is 0. The molecule has 3 nitrogen and oxygen atoms in total. The van der Waals surface area contributed by atoms with Crippen molar-refractivity contribution in [3.63, 3.8) is 0 Å². The highest BCUT2D eigenvalue weighted by Gasteiger charge is 2.03. The van der Waals surface area contributed by atoms with Crippen molar-refractivity contribution in [1.29, 1.82) is 5.41 Å². The van der Waals surface area contributed by atoms with Gasteiger partial charge in [0.2, 0.25) is 5.90 Å². The van der Waals surface area contributed by atoms with Crippen LogP contribution in [0.4, 0.5) is 0 Å². The number of methoxy groups -OCH3 is 1. The standard InChI is InChI=1S/C9H12N2O/c1-6-4-5-8(9(10)12-3)11-7(6)2/h4-5,10H,1-3H3. The molecule has 0 aromatic carbocycles. The molecule has 1 aromatic rings. The molecule has 0 saturated heterocycles. The highest BCUT2D eigenvalue weighted by Crippen LogP contribution is 2.05. The zero-order valence-corrected chi connectivity index (χ0v) is 7.51. The van der Waals surface area contributed by atoms with Gasteiger partial charge in [0.15, 0.2) is 0 Å². The van der Waals surface area contributed by atoms with Crippen LogP contribution in [0.15, 0.2) is 12.1 Å². The fourth-order valence-corrected chi connectivity index (χ4v) is 0.862. The van der Waals surface area contributed by atoms with Gasteiger partial charge in [-0.1, -0.05) is 6.07 Å². The molecule has 0 unspecified atom stereocenters. The van der Waals surface area contributed by atoms with Gasteiger partial charge in [-0.2, -0.15) is 0 Å². The molecule has 0 fully saturated rings. The maximum Gasteiger partial charge on any atom is 0.232 e. The third-order valence-corrected chi connectivity index (χ3v) is 1.79. The van der Waals surface area contributed by atoms with Crippen LogP contribution in [-0.4, -0.2) is 18.0 Å². The van der Waals surface area contributed by atoms with Gasteiger partial charge < -0.3 is 4.74 Å². The van der Waals surface area contributed by atoms with E-state index in [1.54, 1.807) is 6.07 Å². The van der Waals surface area contributed by atoms with Gasteiger partial charge >= 0.3 is 0 Å². The van der Waals surface area contributed by atoms with Crippen LogP contribution in [0.3, 0.4) is 0 Å². The summed E-state index contributed by atoms with van der Waals surface area (Å²) < 4.78 is 4.75. The number of aryl methyl sites for hydroxylation is 2. The molecule has 12 heavy (non-hydrogen) atoms. The summed E-state index contributed by atoms with van der Waals surface area (Å²) in [5, 5.41) is 7.36. The molecule has 0 aliphatic rings. The Bertz CT molecular complexity index is 307. The zero-order chi connectivity index (χ0) is 9.14. The molecule has 1 aromatic heterocycles. The van der Waals surface area contributed by atoms with Gasteiger partial charge in [0, 0.05) is 5.69 Å². The average molecular weight is 164 g/mol. The molecule has 1 rings (SSSR count). The van der Waals surface area contributed by atoms with Crippen LogP contribution in [0.2, 0.25) is 0 Å². The number of nitrogens with zero attached hydrogens (tertiary/aromatic N) is 1. The number of rotatable bonds is 1. The van der Waals surface area contributed by atoms with E-state index < -0.39 is 0 Å². The summed E-state index contributed by atoms with van der Waals surface area (Å²) in [6.45, 7) is 3.91. The summed E-state index contributed by atoms with van der Waals surface area (Å²) in [6.07, 6.45) is 0. The lowest BCUT2D eigenvalue weighted by Gasteiger charge is -2.03. The lowest BCUT2D eigenvalue weighted by atomic mass is 10.2. The Morgan fingerprint density at radius 2 is 2.08 bits per heavy atom. The molecule has 0 amide bonds. The summed E-state index contributed by atoms with van der Waals surface area (Å²) in [6, 6.07) is 3.72. The molecule has 64 valence electrons. The number of hydrogen-bond donors (Lipinski definition) is 1. The Kier molecular flexibility index (Phi) is 2.43. The number of nitrogens with one attached hydrogen (secondary N) is 1. The van der Waals surface area contributed by atoms with Crippen molar-refractivity contribution in [2.75, 3.05) is 7.11 Å². The molecule has 0 spiro atoms. The van der Waals surface area contributed by atoms with Crippen molar-refractivity contribution in [2.24, 2.45) is 0 Å². The van der Waals surface area contributed by atoms with Crippen molar-refractivity contribution in [3.8, 4) is 0 Å². The summed E-state index contributed by atoms with van der Waals surface area (Å²) in [5.41, 5.74) is 2.65. The van der Waals surface area contributed by atoms with E-state index in [9.17, 15) is 0 Å². The van der Waals surface area contributed by atoms with Gasteiger partial charge in [0.25, 0.3) is 0 Å². The number of pyridine rings is 1. The van der Waals surface area contributed by atoms with Crippen LogP contribution in [-0.2, 0) is 4.74 Å². The normalized spacial score (nSPS) is 9.58. The van der Waals surface area contributed by atoms with E-state index in [1.807, 2.05) is 19.9 Å². The minimum absolute atomic E-state index is 0.109. The quantitative estimate of drug-likeness (QED) is 0.507. The van der Waals surface area contributed by atoms with Crippen LogP contribution in [0, 0.1) is 19.3 Å². The van der Waals surface area contributed by atoms with Crippen molar-refractivity contribution in [1.82, 2.24) is 4.98 Å². The topological polar surface area (TPSA) is 46.0 Å². The average Bonchev–Trinajstić information content (AvgIpc) is 2.08. The fraction of sp³-hybridized carbons (Fsp3) is 0.333. The third kappa shape index (κ3) is 1.61. The van der Waals surface area contributed by atoms with Crippen LogP contribution >= 0.6 is 0 Å². The Hall–Kier alpha value is -1.38. The van der Waals surface area contributed by atoms with Crippen LogP contribution < -0.4 is 0 Å². The molecule has 0 saturated carbocycles. The smallest absolute Gasteiger partial charge is 0.232 e. The SMILES string of the molecule is COC(=N)c1ccc(C)c(C)n1. The van der Waals surface area contributed by atoms with E-state index in [-0.39, 0.29) is 5.90 Å². The first kappa shape index (κ1) is 8.71. The molecule has 1 N–H and O–H groups in total. The molecular weight excluding hydrogens is 152 g/mol. The second kappa shape index (κ2) is 3.34. The van der Waals surface area contributed by atoms with Crippen molar-refractivity contribution in [2.45, 2.75) is 13.8 Å². The Morgan fingerprint density at radius 3 is 2.58 bits per heavy atom. The molecule has 3 heteroatoms. The van der Waals surface area contributed by atoms with E-state index in [0.717, 1.165) is 11.3 Å². The first-order valence-corrected chi connectivity index (χ1v) is 3.72. The summed E-state index contributed by atoms with van der Waals surface area (Å²) in [4.78, 5) is 4.19. The molecule has 1 heterocycles. The van der Waals surface area contributed by atoms with Crippen molar-refractivity contribution >= 4 is 5.90 Å². The first-order chi connectivity index (χ1) is 5.65. The minimum Gasteiger partial charge on any atom is -0.480 e. The van der Waals surface area contributed by atoms with Crippen LogP contribution in [0.25, 0.3) is 0 Å². The van der Waals surface area contributed by atoms with E-state index in [1.165, 1.54) is 7.11 Å². The van der Waals surface area contributed by atoms with E-state index >= 15 is 0 Å².